The number of nitrogens with one attached hydrogen (secondary N) is 1. The van der Waals surface area contributed by atoms with Gasteiger partial charge in [0, 0.05) is 32.2 Å². The predicted octanol–water partition coefficient (Wildman–Crippen LogP) is 15.9. The number of nitrogens with zero attached hydrogens (tertiary/aromatic N) is 1. The molecule has 0 spiro atoms. The Hall–Kier alpha value is -3.01. The lowest BCUT2D eigenvalue weighted by molar-refractivity contribution is -0.150. The Balaban J connectivity index is 1.98. The van der Waals surface area contributed by atoms with E-state index in [1.165, 1.54) is 107 Å². The molecule has 2 aromatic rings. The third-order valence-electron chi connectivity index (χ3n) is 15.2. The maximum atomic E-state index is 13.6. The maximum Gasteiger partial charge on any atom is 0.325 e. The highest BCUT2D eigenvalue weighted by atomic mass is 28.4. The smallest absolute Gasteiger partial charge is 0.325 e. The first-order valence-corrected chi connectivity index (χ1v) is 32.4. The number of ether oxygens (including phenoxy) is 2. The summed E-state index contributed by atoms with van der Waals surface area (Å²) in [4.78, 5) is 41.5. The number of hydrogen-bond acceptors (Lipinski definition) is 7. The van der Waals surface area contributed by atoms with E-state index in [1.54, 1.807) is 11.9 Å². The second kappa shape index (κ2) is 42.1. The number of amides is 1. The highest BCUT2D eigenvalue weighted by molar-refractivity contribution is 6.99. The number of rotatable bonds is 47. The lowest BCUT2D eigenvalue weighted by Gasteiger charge is -2.43. The molecule has 0 aromatic heterocycles. The van der Waals surface area contributed by atoms with Crippen molar-refractivity contribution in [2.45, 2.75) is 265 Å². The number of esters is 2. The van der Waals surface area contributed by atoms with Crippen molar-refractivity contribution >= 4 is 36.5 Å². The molecule has 2 aromatic carbocycles. The number of benzene rings is 2. The van der Waals surface area contributed by atoms with Crippen LogP contribution in [0.25, 0.3) is 0 Å². The first kappa shape index (κ1) is 66.1. The van der Waals surface area contributed by atoms with Gasteiger partial charge >= 0.3 is 11.9 Å². The molecule has 1 N–H and O–H groups in total. The summed E-state index contributed by atoms with van der Waals surface area (Å²) in [6, 6.07) is 22.0. The van der Waals surface area contributed by atoms with Crippen LogP contribution in [-0.2, 0) is 28.3 Å². The summed E-state index contributed by atoms with van der Waals surface area (Å²) in [6.45, 7) is 18.2. The standard InChI is InChI=1S/C64H112N2O6Si/c1-9-13-17-21-23-31-42-56(41-29-19-15-11-3)62(68)66(8)55-61(67)70-52-39-27-33-45-58(46-34-28-40-53-71-63(69)57(43-30-20-16-12-4)44-32-24-22-18-14-10-2)65-51-54-72-73(64(5,6)7,59-47-35-25-36-48-59)60-49-37-26-38-50-60/h25-26,35-38,47-50,56-58,65H,9-24,27-34,39-46,51-55H2,1-8H3. The zero-order valence-corrected chi connectivity index (χ0v) is 49.6. The number of hydrogen-bond donors (Lipinski definition) is 1. The topological polar surface area (TPSA) is 94.2 Å². The van der Waals surface area contributed by atoms with Gasteiger partial charge in [-0.2, -0.15) is 0 Å². The first-order valence-electron chi connectivity index (χ1n) is 30.5. The molecule has 0 radical (unpaired) electrons. The van der Waals surface area contributed by atoms with Crippen molar-refractivity contribution in [2.75, 3.05) is 40.0 Å². The number of carbonyl (C=O) groups is 3. The molecule has 0 heterocycles. The summed E-state index contributed by atoms with van der Waals surface area (Å²) in [5, 5.41) is 6.42. The van der Waals surface area contributed by atoms with E-state index in [9.17, 15) is 14.4 Å². The van der Waals surface area contributed by atoms with Crippen molar-refractivity contribution in [3.8, 4) is 0 Å². The van der Waals surface area contributed by atoms with E-state index >= 15 is 0 Å². The van der Waals surface area contributed by atoms with Crippen molar-refractivity contribution in [1.29, 1.82) is 0 Å². The number of carbonyl (C=O) groups excluding carboxylic acids is 3. The van der Waals surface area contributed by atoms with E-state index in [2.05, 4.69) is 114 Å². The van der Waals surface area contributed by atoms with Gasteiger partial charge < -0.3 is 24.1 Å². The van der Waals surface area contributed by atoms with E-state index in [4.69, 9.17) is 13.9 Å². The minimum Gasteiger partial charge on any atom is -0.465 e. The van der Waals surface area contributed by atoms with E-state index in [0.717, 1.165) is 116 Å². The molecule has 0 aliphatic carbocycles. The summed E-state index contributed by atoms with van der Waals surface area (Å²) in [7, 11) is -0.872. The molecular formula is C64H112N2O6Si. The molecule has 3 unspecified atom stereocenters. The fraction of sp³-hybridized carbons (Fsp3) is 0.766. The van der Waals surface area contributed by atoms with Crippen LogP contribution in [-0.4, -0.2) is 77.1 Å². The fourth-order valence-electron chi connectivity index (χ4n) is 10.8. The molecule has 2 rings (SSSR count). The molecule has 1 amide bonds. The van der Waals surface area contributed by atoms with Crippen molar-refractivity contribution in [3.05, 3.63) is 60.7 Å². The molecule has 0 aliphatic rings. The van der Waals surface area contributed by atoms with Crippen LogP contribution < -0.4 is 15.7 Å². The van der Waals surface area contributed by atoms with E-state index in [0.29, 0.717) is 25.9 Å². The van der Waals surface area contributed by atoms with Crippen LogP contribution >= 0.6 is 0 Å². The Morgan fingerprint density at radius 1 is 0.493 bits per heavy atom. The van der Waals surface area contributed by atoms with Gasteiger partial charge in [0.05, 0.1) is 19.1 Å². The molecule has 418 valence electrons. The van der Waals surface area contributed by atoms with Crippen LogP contribution in [0.2, 0.25) is 5.04 Å². The number of unbranched alkanes of at least 4 members (excludes halogenated alkanes) is 20. The molecule has 8 nitrogen and oxygen atoms in total. The lowest BCUT2D eigenvalue weighted by Crippen LogP contribution is -2.67. The van der Waals surface area contributed by atoms with Crippen LogP contribution in [0.4, 0.5) is 0 Å². The minimum absolute atomic E-state index is 0.00970. The zero-order chi connectivity index (χ0) is 53.3. The Morgan fingerprint density at radius 2 is 0.877 bits per heavy atom. The molecule has 0 bridgehead atoms. The zero-order valence-electron chi connectivity index (χ0n) is 48.6. The largest absolute Gasteiger partial charge is 0.465 e. The first-order chi connectivity index (χ1) is 35.4. The van der Waals surface area contributed by atoms with Gasteiger partial charge in [0.1, 0.15) is 6.54 Å². The summed E-state index contributed by atoms with van der Waals surface area (Å²) in [6.07, 6.45) is 35.7. The van der Waals surface area contributed by atoms with Crippen molar-refractivity contribution in [1.82, 2.24) is 10.2 Å². The van der Waals surface area contributed by atoms with E-state index in [1.807, 2.05) is 0 Å². The van der Waals surface area contributed by atoms with Gasteiger partial charge in [-0.3, -0.25) is 14.4 Å². The van der Waals surface area contributed by atoms with Crippen LogP contribution in [0.5, 0.6) is 0 Å². The predicted molar refractivity (Wildman–Crippen MR) is 312 cm³/mol. The highest BCUT2D eigenvalue weighted by Gasteiger charge is 2.50. The van der Waals surface area contributed by atoms with Gasteiger partial charge in [0.25, 0.3) is 8.32 Å². The van der Waals surface area contributed by atoms with Gasteiger partial charge in [-0.05, 0) is 66.8 Å². The van der Waals surface area contributed by atoms with Crippen LogP contribution in [0.3, 0.4) is 0 Å². The van der Waals surface area contributed by atoms with Crippen LogP contribution in [0, 0.1) is 11.8 Å². The van der Waals surface area contributed by atoms with Gasteiger partial charge in [0.2, 0.25) is 5.91 Å². The molecule has 0 saturated carbocycles. The second-order valence-corrected chi connectivity index (χ2v) is 27.0. The Kier molecular flexibility index (Phi) is 38.2. The summed E-state index contributed by atoms with van der Waals surface area (Å²) >= 11 is 0. The molecule has 3 atom stereocenters. The van der Waals surface area contributed by atoms with Crippen molar-refractivity contribution < 1.29 is 28.3 Å². The van der Waals surface area contributed by atoms with Crippen LogP contribution in [0.15, 0.2) is 60.7 Å². The van der Waals surface area contributed by atoms with E-state index in [-0.39, 0.29) is 41.3 Å². The minimum atomic E-state index is -2.64. The molecule has 0 aliphatic heterocycles. The second-order valence-electron chi connectivity index (χ2n) is 22.6. The summed E-state index contributed by atoms with van der Waals surface area (Å²) < 4.78 is 18.9. The van der Waals surface area contributed by atoms with Crippen molar-refractivity contribution in [3.63, 3.8) is 0 Å². The third-order valence-corrected chi connectivity index (χ3v) is 20.3. The molecule has 0 saturated heterocycles. The maximum absolute atomic E-state index is 13.6. The van der Waals surface area contributed by atoms with Gasteiger partial charge in [0.15, 0.2) is 0 Å². The summed E-state index contributed by atoms with van der Waals surface area (Å²) in [5.74, 6) is -0.161. The Bertz CT molecular complexity index is 1600. The molecule has 0 fully saturated rings. The van der Waals surface area contributed by atoms with Gasteiger partial charge in [-0.15, -0.1) is 0 Å². The van der Waals surface area contributed by atoms with Gasteiger partial charge in [-0.1, -0.05) is 263 Å². The molecule has 73 heavy (non-hydrogen) atoms. The fourth-order valence-corrected chi connectivity index (χ4v) is 15.3. The quantitative estimate of drug-likeness (QED) is 0.0401. The van der Waals surface area contributed by atoms with E-state index < -0.39 is 8.32 Å². The normalized spacial score (nSPS) is 13.2. The average Bonchev–Trinajstić information content (AvgIpc) is 3.38. The summed E-state index contributed by atoms with van der Waals surface area (Å²) in [5.41, 5.74) is 0. The number of likely N-dealkylation sites (N-methyl/N-ethyl adjacent to an activating group) is 1. The average molecular weight is 1030 g/mol. The van der Waals surface area contributed by atoms with Gasteiger partial charge in [-0.25, -0.2) is 0 Å². The van der Waals surface area contributed by atoms with Crippen LogP contribution in [0.1, 0.15) is 254 Å². The third kappa shape index (κ3) is 28.6. The monoisotopic (exact) mass is 1030 g/mol. The molecular weight excluding hydrogens is 921 g/mol. The Labute approximate surface area is 450 Å². The van der Waals surface area contributed by atoms with Crippen molar-refractivity contribution in [2.24, 2.45) is 11.8 Å². The SMILES string of the molecule is CCCCCCCCC(CCCCCC)C(=O)OCCCCCC(CCCCCOC(=O)CN(C)C(=O)C(CCCCCC)CCCCCCCC)NCCO[Si](c1ccccc1)(c1ccccc1)C(C)(C)C. The highest BCUT2D eigenvalue weighted by Crippen LogP contribution is 2.36. The lowest BCUT2D eigenvalue weighted by atomic mass is 9.93. The Morgan fingerprint density at radius 3 is 1.33 bits per heavy atom. The molecule has 9 heteroatoms.